The summed E-state index contributed by atoms with van der Waals surface area (Å²) in [6.45, 7) is 0. The van der Waals surface area contributed by atoms with Gasteiger partial charge in [-0.15, -0.1) is 0 Å². The van der Waals surface area contributed by atoms with Gasteiger partial charge in [0, 0.05) is 6.20 Å². The highest BCUT2D eigenvalue weighted by atomic mass is 79.9. The van der Waals surface area contributed by atoms with Crippen LogP contribution >= 0.6 is 38.9 Å². The van der Waals surface area contributed by atoms with Crippen LogP contribution < -0.4 is 0 Å². The summed E-state index contributed by atoms with van der Waals surface area (Å²) in [4.78, 5) is 20.2. The van der Waals surface area contributed by atoms with Crippen molar-refractivity contribution in [2.24, 2.45) is 0 Å². The summed E-state index contributed by atoms with van der Waals surface area (Å²) < 4.78 is 5.25. The van der Waals surface area contributed by atoms with Gasteiger partial charge in [-0.2, -0.15) is 0 Å². The quantitative estimate of drug-likeness (QED) is 0.760. The summed E-state index contributed by atoms with van der Waals surface area (Å²) in [6, 6.07) is 0. The van der Waals surface area contributed by atoms with Crippen LogP contribution in [0, 0.1) is 0 Å². The Kier molecular flexibility index (Phi) is 2.90. The number of rotatable bonds is 1. The zero-order valence-corrected chi connectivity index (χ0v) is 10.6. The van der Waals surface area contributed by atoms with Crippen molar-refractivity contribution in [3.8, 4) is 0 Å². The van der Waals surface area contributed by atoms with Crippen LogP contribution in [0.2, 0.25) is 5.02 Å². The van der Waals surface area contributed by atoms with Gasteiger partial charge in [0.15, 0.2) is 3.92 Å². The summed E-state index contributed by atoms with van der Waals surface area (Å²) in [7, 11) is 1.29. The number of aromatic nitrogens is 2. The number of nitrogens with zero attached hydrogens (tertiary/aromatic N) is 2. The number of ether oxygens (including phenoxy) is 1. The second-order valence-electron chi connectivity index (χ2n) is 2.60. The zero-order valence-electron chi connectivity index (χ0n) is 7.45. The fraction of sp³-hybridized carbons (Fsp3) is 0.125. The molecule has 2 aromatic heterocycles. The van der Waals surface area contributed by atoms with Gasteiger partial charge in [-0.25, -0.2) is 14.8 Å². The van der Waals surface area contributed by atoms with Crippen LogP contribution in [0.5, 0.6) is 0 Å². The first-order valence-corrected chi connectivity index (χ1v) is 5.81. The number of halogens is 2. The molecule has 0 saturated heterocycles. The number of thiazole rings is 1. The largest absolute Gasteiger partial charge is 0.465 e. The molecule has 0 aliphatic heterocycles. The van der Waals surface area contributed by atoms with E-state index in [9.17, 15) is 4.79 Å². The number of hydrogen-bond acceptors (Lipinski definition) is 5. The Morgan fingerprint density at radius 1 is 1.67 bits per heavy atom. The van der Waals surface area contributed by atoms with Crippen molar-refractivity contribution in [3.05, 3.63) is 20.7 Å². The molecular formula is C8H4BrClN2O2S. The average Bonchev–Trinajstić information content (AvgIpc) is 2.59. The van der Waals surface area contributed by atoms with Gasteiger partial charge < -0.3 is 4.74 Å². The minimum Gasteiger partial charge on any atom is -0.465 e. The minimum atomic E-state index is -0.515. The Hall–Kier alpha value is -0.720. The number of hydrogen-bond donors (Lipinski definition) is 0. The zero-order chi connectivity index (χ0) is 11.0. The maximum absolute atomic E-state index is 11.3. The van der Waals surface area contributed by atoms with Crippen molar-refractivity contribution in [2.75, 3.05) is 7.11 Å². The lowest BCUT2D eigenvalue weighted by Crippen LogP contribution is -2.02. The van der Waals surface area contributed by atoms with Gasteiger partial charge in [0.2, 0.25) is 0 Å². The molecule has 0 spiro atoms. The molecule has 78 valence electrons. The van der Waals surface area contributed by atoms with Crippen LogP contribution in [0.4, 0.5) is 0 Å². The molecule has 0 amide bonds. The van der Waals surface area contributed by atoms with Gasteiger partial charge >= 0.3 is 5.97 Å². The minimum absolute atomic E-state index is 0.226. The normalized spacial score (nSPS) is 10.6. The van der Waals surface area contributed by atoms with Crippen molar-refractivity contribution < 1.29 is 9.53 Å². The van der Waals surface area contributed by atoms with Gasteiger partial charge in [-0.3, -0.25) is 0 Å². The Balaban J connectivity index is 2.69. The fourth-order valence-electron chi connectivity index (χ4n) is 1.08. The van der Waals surface area contributed by atoms with Crippen LogP contribution in [0.1, 0.15) is 10.4 Å². The molecule has 2 heterocycles. The van der Waals surface area contributed by atoms with E-state index >= 15 is 0 Å². The molecule has 0 aromatic carbocycles. The van der Waals surface area contributed by atoms with E-state index in [2.05, 4.69) is 30.6 Å². The maximum atomic E-state index is 11.3. The molecule has 0 fully saturated rings. The smallest absolute Gasteiger partial charge is 0.341 e. The molecule has 0 bridgehead atoms. The molecule has 0 unspecified atom stereocenters. The molecule has 2 aromatic rings. The third kappa shape index (κ3) is 1.84. The number of carbonyl (C=O) groups excluding carboxylic acids is 1. The Morgan fingerprint density at radius 2 is 2.40 bits per heavy atom. The van der Waals surface area contributed by atoms with Crippen molar-refractivity contribution in [1.29, 1.82) is 0 Å². The lowest BCUT2D eigenvalue weighted by molar-refractivity contribution is 0.0600. The van der Waals surface area contributed by atoms with Gasteiger partial charge in [0.05, 0.1) is 17.7 Å². The highest BCUT2D eigenvalue weighted by Gasteiger charge is 2.16. The van der Waals surface area contributed by atoms with Gasteiger partial charge in [-0.1, -0.05) is 22.9 Å². The standard InChI is InChI=1S/C8H4BrClN2O2S/c1-14-7(13)3-2-11-6-5(4(3)10)12-8(9)15-6/h2H,1H3. The summed E-state index contributed by atoms with van der Waals surface area (Å²) in [5.74, 6) is -0.515. The summed E-state index contributed by atoms with van der Waals surface area (Å²) >= 11 is 10.6. The van der Waals surface area contributed by atoms with Crippen molar-refractivity contribution in [3.63, 3.8) is 0 Å². The number of fused-ring (bicyclic) bond motifs is 1. The summed E-state index contributed by atoms with van der Waals surface area (Å²) in [5, 5.41) is 0.272. The number of methoxy groups -OCH3 is 1. The third-order valence-corrected chi connectivity index (χ3v) is 3.54. The number of carbonyl (C=O) groups is 1. The third-order valence-electron chi connectivity index (χ3n) is 1.74. The maximum Gasteiger partial charge on any atom is 0.341 e. The average molecular weight is 308 g/mol. The van der Waals surface area contributed by atoms with E-state index in [4.69, 9.17) is 11.6 Å². The van der Waals surface area contributed by atoms with Crippen LogP contribution in [0.3, 0.4) is 0 Å². The van der Waals surface area contributed by atoms with E-state index < -0.39 is 5.97 Å². The number of pyridine rings is 1. The number of esters is 1. The first kappa shape index (κ1) is 10.8. The molecule has 0 atom stereocenters. The molecule has 0 aliphatic rings. The molecule has 0 radical (unpaired) electrons. The van der Waals surface area contributed by atoms with E-state index in [0.717, 1.165) is 0 Å². The van der Waals surface area contributed by atoms with Gasteiger partial charge in [0.1, 0.15) is 10.3 Å². The lowest BCUT2D eigenvalue weighted by Gasteiger charge is -2.00. The highest BCUT2D eigenvalue weighted by molar-refractivity contribution is 9.11. The van der Waals surface area contributed by atoms with Crippen LogP contribution in [0.15, 0.2) is 10.1 Å². The second kappa shape index (κ2) is 4.03. The fourth-order valence-corrected chi connectivity index (χ4v) is 2.67. The van der Waals surface area contributed by atoms with E-state index in [-0.39, 0.29) is 10.6 Å². The van der Waals surface area contributed by atoms with Gasteiger partial charge in [-0.05, 0) is 15.9 Å². The molecule has 0 saturated carbocycles. The molecule has 15 heavy (non-hydrogen) atoms. The predicted molar refractivity (Wildman–Crippen MR) is 61.5 cm³/mol. The van der Waals surface area contributed by atoms with Crippen LogP contribution in [-0.2, 0) is 4.74 Å². The van der Waals surface area contributed by atoms with E-state index in [1.54, 1.807) is 0 Å². The molecule has 0 N–H and O–H groups in total. The summed E-state index contributed by atoms with van der Waals surface area (Å²) in [6.07, 6.45) is 1.39. The molecule has 2 rings (SSSR count). The topological polar surface area (TPSA) is 52.1 Å². The first-order chi connectivity index (χ1) is 7.13. The molecule has 7 heteroatoms. The predicted octanol–water partition coefficient (Wildman–Crippen LogP) is 2.89. The van der Waals surface area contributed by atoms with Crippen molar-refractivity contribution in [1.82, 2.24) is 9.97 Å². The van der Waals surface area contributed by atoms with Crippen LogP contribution in [-0.4, -0.2) is 23.0 Å². The monoisotopic (exact) mass is 306 g/mol. The Labute approximate surface area is 102 Å². The van der Waals surface area contributed by atoms with E-state index in [0.29, 0.717) is 14.3 Å². The highest BCUT2D eigenvalue weighted by Crippen LogP contribution is 2.31. The van der Waals surface area contributed by atoms with Crippen molar-refractivity contribution in [2.45, 2.75) is 0 Å². The SMILES string of the molecule is COC(=O)c1cnc2sc(Br)nc2c1Cl. The molecular weight excluding hydrogens is 304 g/mol. The Morgan fingerprint density at radius 3 is 3.07 bits per heavy atom. The van der Waals surface area contributed by atoms with Gasteiger partial charge in [0.25, 0.3) is 0 Å². The van der Waals surface area contributed by atoms with E-state index in [1.165, 1.54) is 24.6 Å². The van der Waals surface area contributed by atoms with Crippen LogP contribution in [0.25, 0.3) is 10.3 Å². The lowest BCUT2D eigenvalue weighted by atomic mass is 10.3. The molecule has 4 nitrogen and oxygen atoms in total. The van der Waals surface area contributed by atoms with Crippen molar-refractivity contribution >= 4 is 55.2 Å². The second-order valence-corrected chi connectivity index (χ2v) is 5.23. The van der Waals surface area contributed by atoms with E-state index in [1.807, 2.05) is 0 Å². The first-order valence-electron chi connectivity index (χ1n) is 3.82. The Bertz CT molecular complexity index is 543. The summed E-state index contributed by atoms with van der Waals surface area (Å²) in [5.41, 5.74) is 0.737. The molecule has 0 aliphatic carbocycles.